The van der Waals surface area contributed by atoms with Crippen LogP contribution in [0.5, 0.6) is 0 Å². The summed E-state index contributed by atoms with van der Waals surface area (Å²) in [4.78, 5) is 23.1. The molecule has 4 rings (SSSR count). The second kappa shape index (κ2) is 8.97. The first-order valence-electron chi connectivity index (χ1n) is 10.8. The number of halogens is 1. The standard InChI is InChI=1S/C23H28FN5O/c1-2-28(22-7-3-6-21-20(22)5-4-10-26-21)18-8-11-27(12-9-18)16-23(30)29-15-17(24)13-19(29)14-25/h3-7,10,17-19H,2,8-9,11-13,15-16H2,1H3/t17-,19-/m0/s1. The topological polar surface area (TPSA) is 63.5 Å². The lowest BCUT2D eigenvalue weighted by Gasteiger charge is -2.40. The maximum atomic E-state index is 13.6. The third-order valence-corrected chi connectivity index (χ3v) is 6.35. The maximum absolute atomic E-state index is 13.6. The van der Waals surface area contributed by atoms with E-state index >= 15 is 0 Å². The molecule has 2 aliphatic rings. The van der Waals surface area contributed by atoms with Gasteiger partial charge in [0.05, 0.1) is 24.7 Å². The molecule has 0 bridgehead atoms. The van der Waals surface area contributed by atoms with Gasteiger partial charge in [-0.15, -0.1) is 0 Å². The van der Waals surface area contributed by atoms with Gasteiger partial charge in [0, 0.05) is 49.4 Å². The summed E-state index contributed by atoms with van der Waals surface area (Å²) in [6.45, 7) is 5.04. The van der Waals surface area contributed by atoms with Gasteiger partial charge < -0.3 is 9.80 Å². The van der Waals surface area contributed by atoms with Crippen molar-refractivity contribution in [3.8, 4) is 6.07 Å². The van der Waals surface area contributed by atoms with Gasteiger partial charge in [-0.3, -0.25) is 14.7 Å². The van der Waals surface area contributed by atoms with Crippen molar-refractivity contribution in [3.05, 3.63) is 36.5 Å². The van der Waals surface area contributed by atoms with Crippen molar-refractivity contribution in [2.45, 2.75) is 44.4 Å². The van der Waals surface area contributed by atoms with Crippen LogP contribution in [0.3, 0.4) is 0 Å². The predicted molar refractivity (Wildman–Crippen MR) is 115 cm³/mol. The number of likely N-dealkylation sites (tertiary alicyclic amines) is 2. The highest BCUT2D eigenvalue weighted by Gasteiger charge is 2.36. The number of nitriles is 1. The first kappa shape index (κ1) is 20.5. The van der Waals surface area contributed by atoms with E-state index in [1.54, 1.807) is 0 Å². The van der Waals surface area contributed by atoms with Gasteiger partial charge >= 0.3 is 0 Å². The fourth-order valence-corrected chi connectivity index (χ4v) is 4.82. The van der Waals surface area contributed by atoms with Gasteiger partial charge in [-0.25, -0.2) is 4.39 Å². The molecule has 2 saturated heterocycles. The van der Waals surface area contributed by atoms with Crippen LogP contribution in [0, 0.1) is 11.3 Å². The zero-order chi connectivity index (χ0) is 21.1. The van der Waals surface area contributed by atoms with Crippen LogP contribution in [0.15, 0.2) is 36.5 Å². The highest BCUT2D eigenvalue weighted by atomic mass is 19.1. The lowest BCUT2D eigenvalue weighted by Crippen LogP contribution is -2.49. The Kier molecular flexibility index (Phi) is 6.14. The summed E-state index contributed by atoms with van der Waals surface area (Å²) in [5.74, 6) is -0.132. The number of hydrogen-bond donors (Lipinski definition) is 0. The van der Waals surface area contributed by atoms with Crippen LogP contribution in [-0.2, 0) is 4.79 Å². The van der Waals surface area contributed by atoms with Crippen molar-refractivity contribution < 1.29 is 9.18 Å². The van der Waals surface area contributed by atoms with E-state index in [-0.39, 0.29) is 25.4 Å². The average molecular weight is 410 g/mol. The largest absolute Gasteiger partial charge is 0.368 e. The van der Waals surface area contributed by atoms with Crippen LogP contribution in [0.4, 0.5) is 10.1 Å². The molecule has 2 fully saturated rings. The van der Waals surface area contributed by atoms with Gasteiger partial charge in [0.25, 0.3) is 0 Å². The molecule has 0 spiro atoms. The number of anilines is 1. The molecule has 158 valence electrons. The number of carbonyl (C=O) groups is 1. The maximum Gasteiger partial charge on any atom is 0.237 e. The van der Waals surface area contributed by atoms with Crippen LogP contribution in [0.25, 0.3) is 10.9 Å². The molecule has 2 aliphatic heterocycles. The van der Waals surface area contributed by atoms with Crippen molar-refractivity contribution in [1.29, 1.82) is 5.26 Å². The molecule has 2 atom stereocenters. The molecule has 0 N–H and O–H groups in total. The number of benzene rings is 1. The third-order valence-electron chi connectivity index (χ3n) is 6.35. The number of pyridine rings is 1. The Morgan fingerprint density at radius 2 is 2.10 bits per heavy atom. The molecule has 6 nitrogen and oxygen atoms in total. The molecular formula is C23H28FN5O. The van der Waals surface area contributed by atoms with Gasteiger partial charge in [0.15, 0.2) is 0 Å². The van der Waals surface area contributed by atoms with Crippen LogP contribution >= 0.6 is 0 Å². The van der Waals surface area contributed by atoms with Crippen LogP contribution in [0.1, 0.15) is 26.2 Å². The summed E-state index contributed by atoms with van der Waals surface area (Å²) in [5, 5.41) is 10.3. The van der Waals surface area contributed by atoms with Gasteiger partial charge in [-0.05, 0) is 44.0 Å². The highest BCUT2D eigenvalue weighted by molar-refractivity contribution is 5.91. The molecular weight excluding hydrogens is 381 g/mol. The summed E-state index contributed by atoms with van der Waals surface area (Å²) < 4.78 is 13.6. The van der Waals surface area contributed by atoms with Crippen molar-refractivity contribution in [3.63, 3.8) is 0 Å². The van der Waals surface area contributed by atoms with Crippen molar-refractivity contribution in [2.24, 2.45) is 0 Å². The molecule has 3 heterocycles. The summed E-state index contributed by atoms with van der Waals surface area (Å²) in [7, 11) is 0. The van der Waals surface area contributed by atoms with E-state index < -0.39 is 12.2 Å². The molecule has 0 unspecified atom stereocenters. The lowest BCUT2D eigenvalue weighted by molar-refractivity contribution is -0.132. The van der Waals surface area contributed by atoms with Crippen LogP contribution in [-0.4, -0.2) is 71.7 Å². The number of hydrogen-bond acceptors (Lipinski definition) is 5. The number of nitrogens with zero attached hydrogens (tertiary/aromatic N) is 5. The van der Waals surface area contributed by atoms with Gasteiger partial charge in [0.2, 0.25) is 5.91 Å². The summed E-state index contributed by atoms with van der Waals surface area (Å²) in [6, 6.07) is 12.2. The zero-order valence-electron chi connectivity index (χ0n) is 17.4. The number of rotatable bonds is 5. The smallest absolute Gasteiger partial charge is 0.237 e. The Labute approximate surface area is 176 Å². The van der Waals surface area contributed by atoms with E-state index in [0.717, 1.165) is 43.4 Å². The fraction of sp³-hybridized carbons (Fsp3) is 0.522. The molecule has 1 amide bonds. The van der Waals surface area contributed by atoms with Gasteiger partial charge in [-0.1, -0.05) is 6.07 Å². The molecule has 2 aromatic rings. The second-order valence-electron chi connectivity index (χ2n) is 8.16. The van der Waals surface area contributed by atoms with E-state index in [1.807, 2.05) is 18.3 Å². The van der Waals surface area contributed by atoms with Gasteiger partial charge in [-0.2, -0.15) is 5.26 Å². The molecule has 0 radical (unpaired) electrons. The van der Waals surface area contributed by atoms with E-state index in [4.69, 9.17) is 0 Å². The average Bonchev–Trinajstić information content (AvgIpc) is 3.16. The summed E-state index contributed by atoms with van der Waals surface area (Å²) >= 11 is 0. The first-order valence-corrected chi connectivity index (χ1v) is 10.8. The first-order chi connectivity index (χ1) is 14.6. The fourth-order valence-electron chi connectivity index (χ4n) is 4.82. The van der Waals surface area contributed by atoms with E-state index in [0.29, 0.717) is 6.04 Å². The quantitative estimate of drug-likeness (QED) is 0.760. The summed E-state index contributed by atoms with van der Waals surface area (Å²) in [6.07, 6.45) is 2.80. The highest BCUT2D eigenvalue weighted by Crippen LogP contribution is 2.30. The van der Waals surface area contributed by atoms with E-state index in [9.17, 15) is 14.4 Å². The number of carbonyl (C=O) groups excluding carboxylic acids is 1. The number of fused-ring (bicyclic) bond motifs is 1. The Morgan fingerprint density at radius 3 is 2.83 bits per heavy atom. The monoisotopic (exact) mass is 409 g/mol. The molecule has 0 saturated carbocycles. The van der Waals surface area contributed by atoms with Crippen LogP contribution in [0.2, 0.25) is 0 Å². The van der Waals surface area contributed by atoms with Crippen molar-refractivity contribution >= 4 is 22.5 Å². The number of aromatic nitrogens is 1. The molecule has 1 aromatic carbocycles. The normalized spacial score (nSPS) is 22.9. The number of piperidine rings is 1. The predicted octanol–water partition coefficient (Wildman–Crippen LogP) is 2.99. The van der Waals surface area contributed by atoms with Crippen molar-refractivity contribution in [2.75, 3.05) is 37.6 Å². The van der Waals surface area contributed by atoms with Crippen molar-refractivity contribution in [1.82, 2.24) is 14.8 Å². The van der Waals surface area contributed by atoms with Gasteiger partial charge in [0.1, 0.15) is 12.2 Å². The Hall–Kier alpha value is -2.72. The van der Waals surface area contributed by atoms with E-state index in [2.05, 4.69) is 46.0 Å². The SMILES string of the molecule is CCN(c1cccc2ncccc12)C1CCN(CC(=O)N2C[C@@H](F)C[C@H]2C#N)CC1. The van der Waals surface area contributed by atoms with E-state index in [1.165, 1.54) is 10.6 Å². The Bertz CT molecular complexity index is 931. The zero-order valence-corrected chi connectivity index (χ0v) is 17.4. The number of alkyl halides is 1. The minimum Gasteiger partial charge on any atom is -0.368 e. The molecule has 30 heavy (non-hydrogen) atoms. The minimum atomic E-state index is -1.09. The minimum absolute atomic E-state index is 0.0479. The molecule has 7 heteroatoms. The molecule has 0 aliphatic carbocycles. The third kappa shape index (κ3) is 4.10. The Balaban J connectivity index is 1.39. The summed E-state index contributed by atoms with van der Waals surface area (Å²) in [5.41, 5.74) is 2.21. The lowest BCUT2D eigenvalue weighted by atomic mass is 10.0. The second-order valence-corrected chi connectivity index (χ2v) is 8.16. The molecule has 1 aromatic heterocycles. The number of amides is 1. The Morgan fingerprint density at radius 1 is 1.30 bits per heavy atom. The van der Waals surface area contributed by atoms with Crippen LogP contribution < -0.4 is 4.90 Å².